The lowest BCUT2D eigenvalue weighted by Crippen LogP contribution is -2.58. The molecule has 0 saturated carbocycles. The molecule has 3 aromatic rings. The summed E-state index contributed by atoms with van der Waals surface area (Å²) in [5.74, 6) is -0.646. The topological polar surface area (TPSA) is 78.4 Å². The average molecular weight is 453 g/mol. The molecule has 0 aliphatic carbocycles. The van der Waals surface area contributed by atoms with Gasteiger partial charge in [-0.05, 0) is 75.6 Å². The number of hydrogen-bond acceptors (Lipinski definition) is 6. The first kappa shape index (κ1) is 22.4. The van der Waals surface area contributed by atoms with Crippen molar-refractivity contribution in [2.24, 2.45) is 0 Å². The SMILES string of the molecule is CCc1ccc(Oc2cnc3cc(Cl)ccc3n2)cc1C1C(=O)C(C)(C)OC(C)(C)C1=O. The summed E-state index contributed by atoms with van der Waals surface area (Å²) in [6.45, 7) is 8.82. The third kappa shape index (κ3) is 4.00. The van der Waals surface area contributed by atoms with Crippen LogP contribution >= 0.6 is 11.6 Å². The highest BCUT2D eigenvalue weighted by Gasteiger charge is 2.53. The number of fused-ring (bicyclic) bond motifs is 1. The van der Waals surface area contributed by atoms with Crippen LogP contribution < -0.4 is 4.74 Å². The normalized spacial score (nSPS) is 18.2. The molecule has 1 saturated heterocycles. The number of rotatable bonds is 4. The van der Waals surface area contributed by atoms with Crippen molar-refractivity contribution in [3.63, 3.8) is 0 Å². The molecule has 0 spiro atoms. The van der Waals surface area contributed by atoms with Gasteiger partial charge in [-0.2, -0.15) is 0 Å². The summed E-state index contributed by atoms with van der Waals surface area (Å²) >= 11 is 6.01. The summed E-state index contributed by atoms with van der Waals surface area (Å²) in [7, 11) is 0. The van der Waals surface area contributed by atoms with Crippen LogP contribution in [0.15, 0.2) is 42.6 Å². The minimum absolute atomic E-state index is 0.254. The van der Waals surface area contributed by atoms with Crippen LogP contribution in [0.1, 0.15) is 51.7 Å². The maximum atomic E-state index is 13.2. The van der Waals surface area contributed by atoms with E-state index in [-0.39, 0.29) is 11.6 Å². The van der Waals surface area contributed by atoms with E-state index in [1.807, 2.05) is 13.0 Å². The number of halogens is 1. The monoisotopic (exact) mass is 452 g/mol. The molecule has 0 atom stereocenters. The summed E-state index contributed by atoms with van der Waals surface area (Å²) in [6.07, 6.45) is 2.19. The maximum Gasteiger partial charge on any atom is 0.238 e. The van der Waals surface area contributed by atoms with Gasteiger partial charge in [0.25, 0.3) is 0 Å². The quantitative estimate of drug-likeness (QED) is 0.490. The highest BCUT2D eigenvalue weighted by atomic mass is 35.5. The fourth-order valence-corrected chi connectivity index (χ4v) is 4.37. The van der Waals surface area contributed by atoms with Gasteiger partial charge in [-0.15, -0.1) is 0 Å². The van der Waals surface area contributed by atoms with Crippen molar-refractivity contribution in [3.05, 3.63) is 58.7 Å². The number of hydrogen-bond donors (Lipinski definition) is 0. The van der Waals surface area contributed by atoms with E-state index < -0.39 is 17.1 Å². The molecule has 0 unspecified atom stereocenters. The molecule has 1 aromatic heterocycles. The molecule has 0 amide bonds. The minimum atomic E-state index is -1.07. The smallest absolute Gasteiger partial charge is 0.238 e. The summed E-state index contributed by atoms with van der Waals surface area (Å²) in [4.78, 5) is 35.3. The van der Waals surface area contributed by atoms with Crippen LogP contribution in [0.3, 0.4) is 0 Å². The van der Waals surface area contributed by atoms with Gasteiger partial charge in [0.1, 0.15) is 22.9 Å². The highest BCUT2D eigenvalue weighted by molar-refractivity contribution is 6.31. The molecule has 6 nitrogen and oxygen atoms in total. The molecule has 1 aliphatic rings. The van der Waals surface area contributed by atoms with Crippen LogP contribution in [0, 0.1) is 0 Å². The first-order valence-corrected chi connectivity index (χ1v) is 10.9. The molecule has 2 heterocycles. The molecule has 32 heavy (non-hydrogen) atoms. The summed E-state index contributed by atoms with van der Waals surface area (Å²) in [5, 5.41) is 0.580. The van der Waals surface area contributed by atoms with Gasteiger partial charge in [-0.25, -0.2) is 9.97 Å². The number of aromatic nitrogens is 2. The predicted octanol–water partition coefficient (Wildman–Crippen LogP) is 5.45. The summed E-state index contributed by atoms with van der Waals surface area (Å²) < 4.78 is 11.8. The van der Waals surface area contributed by atoms with Gasteiger partial charge in [-0.1, -0.05) is 24.6 Å². The molecule has 1 aliphatic heterocycles. The zero-order valence-corrected chi connectivity index (χ0v) is 19.5. The van der Waals surface area contributed by atoms with Gasteiger partial charge in [0.15, 0.2) is 11.6 Å². The van der Waals surface area contributed by atoms with E-state index in [1.54, 1.807) is 58.0 Å². The van der Waals surface area contributed by atoms with E-state index in [0.717, 1.165) is 5.56 Å². The second-order valence-corrected chi connectivity index (χ2v) is 9.38. The Bertz CT molecular complexity index is 1210. The molecule has 1 fully saturated rings. The average Bonchev–Trinajstić information content (AvgIpc) is 2.72. The molecule has 4 rings (SSSR count). The molecule has 2 aromatic carbocycles. The molecule has 166 valence electrons. The number of benzene rings is 2. The van der Waals surface area contributed by atoms with Crippen molar-refractivity contribution in [1.29, 1.82) is 0 Å². The van der Waals surface area contributed by atoms with Crippen LogP contribution in [0.4, 0.5) is 0 Å². The van der Waals surface area contributed by atoms with Gasteiger partial charge >= 0.3 is 0 Å². The van der Waals surface area contributed by atoms with E-state index >= 15 is 0 Å². The van der Waals surface area contributed by atoms with Crippen LogP contribution in [0.2, 0.25) is 5.02 Å². The highest BCUT2D eigenvalue weighted by Crippen LogP contribution is 2.40. The van der Waals surface area contributed by atoms with E-state index in [0.29, 0.717) is 39.7 Å². The number of carbonyl (C=O) groups excluding carboxylic acids is 2. The fraction of sp³-hybridized carbons (Fsp3) is 0.360. The predicted molar refractivity (Wildman–Crippen MR) is 122 cm³/mol. The molecule has 0 bridgehead atoms. The van der Waals surface area contributed by atoms with Gasteiger partial charge in [0, 0.05) is 5.02 Å². The lowest BCUT2D eigenvalue weighted by molar-refractivity contribution is -0.184. The number of aryl methyl sites for hydroxylation is 1. The Balaban J connectivity index is 1.74. The van der Waals surface area contributed by atoms with Crippen molar-refractivity contribution in [2.45, 2.75) is 58.2 Å². The van der Waals surface area contributed by atoms with E-state index in [1.165, 1.54) is 6.20 Å². The number of carbonyl (C=O) groups is 2. The second-order valence-electron chi connectivity index (χ2n) is 8.94. The van der Waals surface area contributed by atoms with Crippen molar-refractivity contribution in [1.82, 2.24) is 9.97 Å². The number of ketones is 2. The van der Waals surface area contributed by atoms with Crippen molar-refractivity contribution < 1.29 is 19.1 Å². The Labute approximate surface area is 191 Å². The standard InChI is InChI=1S/C25H25ClN2O4/c1-6-14-7-9-16(31-20-13-27-19-11-15(26)8-10-18(19)28-20)12-17(14)21-22(29)24(2,3)32-25(4,5)23(21)30/h7-13,21H,6H2,1-5H3. The van der Waals surface area contributed by atoms with E-state index in [9.17, 15) is 9.59 Å². The van der Waals surface area contributed by atoms with Gasteiger partial charge in [0.05, 0.1) is 17.2 Å². The summed E-state index contributed by atoms with van der Waals surface area (Å²) in [6, 6.07) is 10.7. The lowest BCUT2D eigenvalue weighted by atomic mass is 9.73. The molecule has 7 heteroatoms. The number of Topliss-reactive ketones (excluding diaryl/α,β-unsaturated/α-hetero) is 2. The Morgan fingerprint density at radius 2 is 1.69 bits per heavy atom. The third-order valence-electron chi connectivity index (χ3n) is 5.74. The molecule has 0 radical (unpaired) electrons. The van der Waals surface area contributed by atoms with Gasteiger partial charge < -0.3 is 9.47 Å². The Morgan fingerprint density at radius 3 is 2.34 bits per heavy atom. The first-order chi connectivity index (χ1) is 15.0. The zero-order valence-electron chi connectivity index (χ0n) is 18.7. The molecular formula is C25H25ClN2O4. The number of nitrogens with zero attached hydrogens (tertiary/aromatic N) is 2. The van der Waals surface area contributed by atoms with E-state index in [2.05, 4.69) is 9.97 Å². The van der Waals surface area contributed by atoms with Gasteiger partial charge in [-0.3, -0.25) is 9.59 Å². The van der Waals surface area contributed by atoms with Crippen molar-refractivity contribution in [2.75, 3.05) is 0 Å². The first-order valence-electron chi connectivity index (χ1n) is 10.5. The second kappa shape index (κ2) is 7.94. The van der Waals surface area contributed by atoms with Gasteiger partial charge in [0.2, 0.25) is 5.88 Å². The summed E-state index contributed by atoms with van der Waals surface area (Å²) in [5.41, 5.74) is 0.719. The lowest BCUT2D eigenvalue weighted by Gasteiger charge is -2.43. The number of ether oxygens (including phenoxy) is 2. The Hall–Kier alpha value is -2.83. The van der Waals surface area contributed by atoms with E-state index in [4.69, 9.17) is 21.1 Å². The van der Waals surface area contributed by atoms with Crippen LogP contribution in [0.25, 0.3) is 11.0 Å². The Morgan fingerprint density at radius 1 is 1.00 bits per heavy atom. The van der Waals surface area contributed by atoms with Crippen LogP contribution in [0.5, 0.6) is 11.6 Å². The largest absolute Gasteiger partial charge is 0.437 e. The maximum absolute atomic E-state index is 13.2. The zero-order chi connectivity index (χ0) is 23.3. The fourth-order valence-electron chi connectivity index (χ4n) is 4.20. The van der Waals surface area contributed by atoms with Crippen LogP contribution in [-0.2, 0) is 20.7 Å². The Kier molecular flexibility index (Phi) is 5.55. The third-order valence-corrected chi connectivity index (χ3v) is 5.97. The molecule has 0 N–H and O–H groups in total. The molecular weight excluding hydrogens is 428 g/mol. The van der Waals surface area contributed by atoms with Crippen molar-refractivity contribution >= 4 is 34.2 Å². The minimum Gasteiger partial charge on any atom is -0.437 e. The van der Waals surface area contributed by atoms with Crippen molar-refractivity contribution in [3.8, 4) is 11.6 Å². The van der Waals surface area contributed by atoms with Crippen LogP contribution in [-0.4, -0.2) is 32.7 Å².